The lowest BCUT2D eigenvalue weighted by molar-refractivity contribution is -0.114. The molecular weight excluding hydrogens is 150 g/mol. The van der Waals surface area contributed by atoms with Crippen molar-refractivity contribution in [2.45, 2.75) is 40.0 Å². The Kier molecular flexibility index (Phi) is 5.03. The zero-order valence-corrected chi connectivity index (χ0v) is 7.98. The summed E-state index contributed by atoms with van der Waals surface area (Å²) >= 11 is 0. The number of nitriles is 1. The Labute approximate surface area is 73.9 Å². The van der Waals surface area contributed by atoms with Crippen molar-refractivity contribution in [2.75, 3.05) is 0 Å². The molecular formula is C10H15NO. The maximum Gasteiger partial charge on any atom is 0.172 e. The average molecular weight is 165 g/mol. The van der Waals surface area contributed by atoms with Gasteiger partial charge < -0.3 is 0 Å². The molecule has 0 saturated carbocycles. The molecule has 0 aliphatic heterocycles. The first-order chi connectivity index (χ1) is 5.63. The Bertz CT molecular complexity index is 233. The van der Waals surface area contributed by atoms with Gasteiger partial charge >= 0.3 is 0 Å². The van der Waals surface area contributed by atoms with Crippen molar-refractivity contribution in [2.24, 2.45) is 0 Å². The molecule has 66 valence electrons. The van der Waals surface area contributed by atoms with Gasteiger partial charge in [0.1, 0.15) is 0 Å². The van der Waals surface area contributed by atoms with Crippen molar-refractivity contribution in [1.82, 2.24) is 0 Å². The van der Waals surface area contributed by atoms with Gasteiger partial charge in [-0.3, -0.25) is 4.79 Å². The number of rotatable bonds is 4. The summed E-state index contributed by atoms with van der Waals surface area (Å²) in [5.41, 5.74) is 1.87. The van der Waals surface area contributed by atoms with Gasteiger partial charge in [-0.05, 0) is 25.8 Å². The summed E-state index contributed by atoms with van der Waals surface area (Å²) in [5.74, 6) is -0.0385. The van der Waals surface area contributed by atoms with E-state index in [1.807, 2.05) is 13.0 Å². The molecule has 0 aromatic heterocycles. The molecule has 0 heterocycles. The molecule has 0 bridgehead atoms. The Morgan fingerprint density at radius 3 is 2.42 bits per heavy atom. The van der Waals surface area contributed by atoms with Crippen molar-refractivity contribution in [3.8, 4) is 6.07 Å². The monoisotopic (exact) mass is 165 g/mol. The Morgan fingerprint density at radius 1 is 1.42 bits per heavy atom. The van der Waals surface area contributed by atoms with Crippen LogP contribution >= 0.6 is 0 Å². The molecule has 0 aromatic carbocycles. The van der Waals surface area contributed by atoms with Crippen LogP contribution in [0, 0.1) is 11.3 Å². The summed E-state index contributed by atoms with van der Waals surface area (Å²) < 4.78 is 0. The maximum absolute atomic E-state index is 11.2. The number of carbonyl (C=O) groups excluding carboxylic acids is 1. The van der Waals surface area contributed by atoms with Crippen LogP contribution in [0.3, 0.4) is 0 Å². The molecule has 0 aromatic rings. The molecule has 0 saturated heterocycles. The minimum absolute atomic E-state index is 0.00683. The molecule has 0 aliphatic carbocycles. The summed E-state index contributed by atoms with van der Waals surface area (Å²) in [4.78, 5) is 11.2. The van der Waals surface area contributed by atoms with Gasteiger partial charge in [-0.25, -0.2) is 0 Å². The van der Waals surface area contributed by atoms with Crippen LogP contribution in [0.15, 0.2) is 11.1 Å². The van der Waals surface area contributed by atoms with E-state index in [1.165, 1.54) is 0 Å². The summed E-state index contributed by atoms with van der Waals surface area (Å²) in [7, 11) is 0. The number of nitrogens with zero attached hydrogens (tertiary/aromatic N) is 1. The van der Waals surface area contributed by atoms with Gasteiger partial charge in [0.25, 0.3) is 0 Å². The first-order valence-corrected chi connectivity index (χ1v) is 4.20. The quantitative estimate of drug-likeness (QED) is 0.601. The van der Waals surface area contributed by atoms with E-state index in [0.29, 0.717) is 0 Å². The lowest BCUT2D eigenvalue weighted by Crippen LogP contribution is -2.00. The first kappa shape index (κ1) is 10.9. The van der Waals surface area contributed by atoms with Gasteiger partial charge in [0.15, 0.2) is 5.78 Å². The standard InChI is InChI=1S/C10H15NO/c1-4-5-8(2)9(3)10(12)6-7-11/h4-6H2,1-3H3. The van der Waals surface area contributed by atoms with Crippen LogP contribution in [0.2, 0.25) is 0 Å². The molecule has 0 amide bonds. The average Bonchev–Trinajstić information content (AvgIpc) is 2.04. The van der Waals surface area contributed by atoms with E-state index in [9.17, 15) is 4.79 Å². The van der Waals surface area contributed by atoms with E-state index < -0.39 is 0 Å². The molecule has 0 unspecified atom stereocenters. The highest BCUT2D eigenvalue weighted by molar-refractivity contribution is 5.96. The minimum atomic E-state index is -0.0385. The van der Waals surface area contributed by atoms with Crippen LogP contribution in [0.1, 0.15) is 40.0 Å². The molecule has 12 heavy (non-hydrogen) atoms. The van der Waals surface area contributed by atoms with Gasteiger partial charge in [0.2, 0.25) is 0 Å². The topological polar surface area (TPSA) is 40.9 Å². The number of carbonyl (C=O) groups is 1. The number of hydrogen-bond acceptors (Lipinski definition) is 2. The number of hydrogen-bond donors (Lipinski definition) is 0. The van der Waals surface area contributed by atoms with E-state index in [1.54, 1.807) is 6.92 Å². The van der Waals surface area contributed by atoms with Crippen LogP contribution in [0.25, 0.3) is 0 Å². The normalized spacial score (nSPS) is 11.8. The summed E-state index contributed by atoms with van der Waals surface area (Å²) in [5, 5.41) is 8.30. The summed E-state index contributed by atoms with van der Waals surface area (Å²) in [6, 6.07) is 1.86. The van der Waals surface area contributed by atoms with Crippen LogP contribution in [-0.2, 0) is 4.79 Å². The second-order valence-corrected chi connectivity index (χ2v) is 2.91. The van der Waals surface area contributed by atoms with Crippen molar-refractivity contribution in [3.63, 3.8) is 0 Å². The smallest absolute Gasteiger partial charge is 0.172 e. The van der Waals surface area contributed by atoms with E-state index in [4.69, 9.17) is 5.26 Å². The summed E-state index contributed by atoms with van der Waals surface area (Å²) in [6.45, 7) is 5.82. The number of ketones is 1. The van der Waals surface area contributed by atoms with Gasteiger partial charge in [-0.15, -0.1) is 0 Å². The highest BCUT2D eigenvalue weighted by atomic mass is 16.1. The maximum atomic E-state index is 11.2. The van der Waals surface area contributed by atoms with E-state index in [0.717, 1.165) is 24.0 Å². The third-order valence-electron chi connectivity index (χ3n) is 1.92. The summed E-state index contributed by atoms with van der Waals surface area (Å²) in [6.07, 6.45) is 2.00. The highest BCUT2D eigenvalue weighted by Gasteiger charge is 2.05. The highest BCUT2D eigenvalue weighted by Crippen LogP contribution is 2.11. The number of allylic oxidation sites excluding steroid dienone is 2. The fourth-order valence-corrected chi connectivity index (χ4v) is 1.00. The number of Topliss-reactive ketones (excluding diaryl/α,β-unsaturated/α-hetero) is 1. The third-order valence-corrected chi connectivity index (χ3v) is 1.92. The predicted molar refractivity (Wildman–Crippen MR) is 48.5 cm³/mol. The second kappa shape index (κ2) is 5.54. The van der Waals surface area contributed by atoms with Gasteiger partial charge in [-0.2, -0.15) is 5.26 Å². The Balaban J connectivity index is 4.34. The van der Waals surface area contributed by atoms with Crippen LogP contribution < -0.4 is 0 Å². The molecule has 0 radical (unpaired) electrons. The molecule has 0 rings (SSSR count). The van der Waals surface area contributed by atoms with E-state index in [2.05, 4.69) is 6.92 Å². The van der Waals surface area contributed by atoms with Crippen molar-refractivity contribution >= 4 is 5.78 Å². The predicted octanol–water partition coefficient (Wildman–Crippen LogP) is 2.61. The first-order valence-electron chi connectivity index (χ1n) is 4.20. The van der Waals surface area contributed by atoms with Crippen molar-refractivity contribution in [3.05, 3.63) is 11.1 Å². The van der Waals surface area contributed by atoms with Gasteiger partial charge in [0, 0.05) is 0 Å². The minimum Gasteiger partial charge on any atom is -0.293 e. The second-order valence-electron chi connectivity index (χ2n) is 2.91. The van der Waals surface area contributed by atoms with E-state index >= 15 is 0 Å². The van der Waals surface area contributed by atoms with Crippen LogP contribution in [0.4, 0.5) is 0 Å². The molecule has 0 spiro atoms. The van der Waals surface area contributed by atoms with Gasteiger partial charge in [0.05, 0.1) is 12.5 Å². The zero-order chi connectivity index (χ0) is 9.56. The fourth-order valence-electron chi connectivity index (χ4n) is 1.00. The lowest BCUT2D eigenvalue weighted by atomic mass is 10.0. The van der Waals surface area contributed by atoms with Crippen molar-refractivity contribution < 1.29 is 4.79 Å². The molecule has 0 atom stereocenters. The Morgan fingerprint density at radius 2 is 2.00 bits per heavy atom. The Hall–Kier alpha value is -1.10. The molecule has 0 N–H and O–H groups in total. The lowest BCUT2D eigenvalue weighted by Gasteiger charge is -2.02. The molecule has 2 nitrogen and oxygen atoms in total. The van der Waals surface area contributed by atoms with Gasteiger partial charge in [-0.1, -0.05) is 18.9 Å². The molecule has 0 fully saturated rings. The van der Waals surface area contributed by atoms with Crippen LogP contribution in [-0.4, -0.2) is 5.78 Å². The fraction of sp³-hybridized carbons (Fsp3) is 0.600. The van der Waals surface area contributed by atoms with Crippen molar-refractivity contribution in [1.29, 1.82) is 5.26 Å². The third kappa shape index (κ3) is 3.34. The van der Waals surface area contributed by atoms with Crippen LogP contribution in [0.5, 0.6) is 0 Å². The SMILES string of the molecule is CCCC(C)=C(C)C(=O)CC#N. The molecule has 2 heteroatoms. The largest absolute Gasteiger partial charge is 0.293 e. The zero-order valence-electron chi connectivity index (χ0n) is 7.98. The van der Waals surface area contributed by atoms with E-state index in [-0.39, 0.29) is 12.2 Å². The molecule has 0 aliphatic rings.